The molecule has 0 aliphatic carbocycles. The molecule has 0 atom stereocenters. The molecule has 0 bridgehead atoms. The Balaban J connectivity index is 1.83. The summed E-state index contributed by atoms with van der Waals surface area (Å²) in [6.07, 6.45) is 1.22. The second-order valence-electron chi connectivity index (χ2n) is 4.71. The quantitative estimate of drug-likeness (QED) is 0.594. The van der Waals surface area contributed by atoms with Gasteiger partial charge in [0.15, 0.2) is 5.76 Å². The van der Waals surface area contributed by atoms with Gasteiger partial charge in [-0.3, -0.25) is 0 Å². The van der Waals surface area contributed by atoms with Crippen LogP contribution in [0, 0.1) is 11.8 Å². The first-order chi connectivity index (χ1) is 11.2. The molecule has 0 saturated carbocycles. The predicted molar refractivity (Wildman–Crippen MR) is 84.9 cm³/mol. The fourth-order valence-corrected chi connectivity index (χ4v) is 1.91. The Kier molecular flexibility index (Phi) is 4.16. The molecule has 0 radical (unpaired) electrons. The summed E-state index contributed by atoms with van der Waals surface area (Å²) in [5.74, 6) is 6.18. The van der Waals surface area contributed by atoms with E-state index in [0.29, 0.717) is 22.8 Å². The smallest absolute Gasteiger partial charge is 0.484 e. The van der Waals surface area contributed by atoms with Crippen molar-refractivity contribution in [2.75, 3.05) is 5.73 Å². The van der Waals surface area contributed by atoms with E-state index in [4.69, 9.17) is 14.9 Å². The maximum atomic E-state index is 10.8. The van der Waals surface area contributed by atoms with Crippen LogP contribution in [0.25, 0.3) is 0 Å². The SMILES string of the molecule is Nc1ccc(OCc2coc(=O)o2)c(C#Cc2ccccc2)c1. The lowest BCUT2D eigenvalue weighted by Crippen LogP contribution is -1.98. The van der Waals surface area contributed by atoms with Gasteiger partial charge in [-0.05, 0) is 30.3 Å². The standard InChI is InChI=1S/C18H13NO4/c19-15-8-9-17(21-11-16-12-22-18(20)23-16)14(10-15)7-6-13-4-2-1-3-5-13/h1-5,8-10,12H,11,19H2. The van der Waals surface area contributed by atoms with Gasteiger partial charge in [-0.1, -0.05) is 30.0 Å². The number of nitrogen functional groups attached to an aromatic ring is 1. The molecule has 5 nitrogen and oxygen atoms in total. The summed E-state index contributed by atoms with van der Waals surface area (Å²) in [6.45, 7) is 0.0652. The first kappa shape index (κ1) is 14.5. The van der Waals surface area contributed by atoms with Gasteiger partial charge in [-0.25, -0.2) is 4.79 Å². The molecule has 0 aliphatic rings. The highest BCUT2D eigenvalue weighted by Gasteiger charge is 2.06. The Morgan fingerprint density at radius 1 is 1.09 bits per heavy atom. The fraction of sp³-hybridized carbons (Fsp3) is 0.0556. The molecule has 0 unspecified atom stereocenters. The Morgan fingerprint density at radius 3 is 2.65 bits per heavy atom. The van der Waals surface area contributed by atoms with Crippen molar-refractivity contribution in [1.82, 2.24) is 0 Å². The van der Waals surface area contributed by atoms with Gasteiger partial charge in [0.25, 0.3) is 0 Å². The molecule has 0 amide bonds. The van der Waals surface area contributed by atoms with E-state index in [9.17, 15) is 4.79 Å². The van der Waals surface area contributed by atoms with E-state index in [1.54, 1.807) is 18.2 Å². The number of rotatable bonds is 3. The average Bonchev–Trinajstić information content (AvgIpc) is 2.98. The largest absolute Gasteiger partial charge is 0.518 e. The number of nitrogens with two attached hydrogens (primary N) is 1. The van der Waals surface area contributed by atoms with Gasteiger partial charge >= 0.3 is 5.82 Å². The van der Waals surface area contributed by atoms with Crippen LogP contribution in [0.15, 0.2) is 68.4 Å². The van der Waals surface area contributed by atoms with Crippen LogP contribution in [-0.2, 0) is 6.61 Å². The second kappa shape index (κ2) is 6.58. The minimum absolute atomic E-state index is 0.0652. The van der Waals surface area contributed by atoms with Crippen LogP contribution >= 0.6 is 0 Å². The molecule has 2 aromatic carbocycles. The summed E-state index contributed by atoms with van der Waals surface area (Å²) < 4.78 is 15.0. The van der Waals surface area contributed by atoms with Gasteiger partial charge in [-0.2, -0.15) is 0 Å². The van der Waals surface area contributed by atoms with Crippen molar-refractivity contribution in [3.63, 3.8) is 0 Å². The molecule has 0 fully saturated rings. The van der Waals surface area contributed by atoms with Crippen LogP contribution in [0.5, 0.6) is 5.75 Å². The number of anilines is 1. The Bertz CT molecular complexity index is 913. The molecule has 0 aliphatic heterocycles. The van der Waals surface area contributed by atoms with Crippen molar-refractivity contribution < 1.29 is 13.6 Å². The zero-order chi connectivity index (χ0) is 16.1. The van der Waals surface area contributed by atoms with Crippen molar-refractivity contribution in [3.8, 4) is 17.6 Å². The van der Waals surface area contributed by atoms with Crippen LogP contribution < -0.4 is 16.3 Å². The van der Waals surface area contributed by atoms with Gasteiger partial charge < -0.3 is 19.3 Å². The summed E-state index contributed by atoms with van der Waals surface area (Å²) in [7, 11) is 0. The first-order valence-corrected chi connectivity index (χ1v) is 6.87. The van der Waals surface area contributed by atoms with Crippen LogP contribution in [0.2, 0.25) is 0 Å². The van der Waals surface area contributed by atoms with E-state index < -0.39 is 5.82 Å². The molecule has 114 valence electrons. The zero-order valence-electron chi connectivity index (χ0n) is 12.1. The zero-order valence-corrected chi connectivity index (χ0v) is 12.1. The monoisotopic (exact) mass is 307 g/mol. The molecule has 0 spiro atoms. The highest BCUT2D eigenvalue weighted by Crippen LogP contribution is 2.21. The number of benzene rings is 2. The fourth-order valence-electron chi connectivity index (χ4n) is 1.91. The lowest BCUT2D eigenvalue weighted by molar-refractivity contribution is 0.262. The van der Waals surface area contributed by atoms with Crippen LogP contribution in [0.1, 0.15) is 16.9 Å². The number of hydrogen-bond acceptors (Lipinski definition) is 5. The Morgan fingerprint density at radius 2 is 1.91 bits per heavy atom. The summed E-state index contributed by atoms with van der Waals surface area (Å²) in [4.78, 5) is 10.8. The third-order valence-electron chi connectivity index (χ3n) is 2.99. The minimum Gasteiger partial charge on any atom is -0.484 e. The van der Waals surface area contributed by atoms with E-state index in [0.717, 1.165) is 5.56 Å². The van der Waals surface area contributed by atoms with Crippen molar-refractivity contribution in [2.45, 2.75) is 6.61 Å². The summed E-state index contributed by atoms with van der Waals surface area (Å²) >= 11 is 0. The number of ether oxygens (including phenoxy) is 1. The van der Waals surface area contributed by atoms with E-state index >= 15 is 0 Å². The summed E-state index contributed by atoms with van der Waals surface area (Å²) in [5.41, 5.74) is 7.94. The van der Waals surface area contributed by atoms with Crippen LogP contribution in [0.4, 0.5) is 5.69 Å². The van der Waals surface area contributed by atoms with Gasteiger partial charge in [0.1, 0.15) is 18.6 Å². The van der Waals surface area contributed by atoms with Crippen molar-refractivity contribution in [1.29, 1.82) is 0 Å². The summed E-state index contributed by atoms with van der Waals surface area (Å²) in [6, 6.07) is 14.8. The van der Waals surface area contributed by atoms with Crippen LogP contribution in [0.3, 0.4) is 0 Å². The minimum atomic E-state index is -0.759. The maximum Gasteiger partial charge on any atom is 0.518 e. The molecule has 1 aromatic heterocycles. The normalized spacial score (nSPS) is 9.91. The molecule has 2 N–H and O–H groups in total. The Hall–Kier alpha value is -3.39. The average molecular weight is 307 g/mol. The molecule has 5 heteroatoms. The molecule has 3 aromatic rings. The first-order valence-electron chi connectivity index (χ1n) is 6.87. The Labute approximate surface area is 132 Å². The number of hydrogen-bond donors (Lipinski definition) is 1. The van der Waals surface area contributed by atoms with Gasteiger partial charge in [0.05, 0.1) is 5.56 Å². The lowest BCUT2D eigenvalue weighted by atomic mass is 10.1. The van der Waals surface area contributed by atoms with Crippen molar-refractivity contribution in [3.05, 3.63) is 82.3 Å². The second-order valence-corrected chi connectivity index (χ2v) is 4.71. The summed E-state index contributed by atoms with van der Waals surface area (Å²) in [5, 5.41) is 0. The highest BCUT2D eigenvalue weighted by atomic mass is 16.6. The molecule has 0 saturated heterocycles. The van der Waals surface area contributed by atoms with E-state index in [-0.39, 0.29) is 6.61 Å². The van der Waals surface area contributed by atoms with E-state index in [2.05, 4.69) is 16.3 Å². The van der Waals surface area contributed by atoms with Gasteiger partial charge in [0.2, 0.25) is 0 Å². The molecule has 3 rings (SSSR count). The van der Waals surface area contributed by atoms with E-state index in [1.807, 2.05) is 30.3 Å². The highest BCUT2D eigenvalue weighted by molar-refractivity contribution is 5.56. The third kappa shape index (κ3) is 3.83. The van der Waals surface area contributed by atoms with Gasteiger partial charge in [0, 0.05) is 11.3 Å². The third-order valence-corrected chi connectivity index (χ3v) is 2.99. The lowest BCUT2D eigenvalue weighted by Gasteiger charge is -2.07. The predicted octanol–water partition coefficient (Wildman–Crippen LogP) is 2.79. The molecule has 23 heavy (non-hydrogen) atoms. The van der Waals surface area contributed by atoms with E-state index in [1.165, 1.54) is 6.26 Å². The molecule has 1 heterocycles. The maximum absolute atomic E-state index is 10.8. The van der Waals surface area contributed by atoms with Crippen LogP contribution in [-0.4, -0.2) is 0 Å². The molecular weight excluding hydrogens is 294 g/mol. The van der Waals surface area contributed by atoms with Crippen molar-refractivity contribution >= 4 is 5.69 Å². The topological polar surface area (TPSA) is 78.6 Å². The van der Waals surface area contributed by atoms with Crippen molar-refractivity contribution in [2.24, 2.45) is 0 Å². The molecular formula is C18H13NO4. The van der Waals surface area contributed by atoms with Gasteiger partial charge in [-0.15, -0.1) is 0 Å².